The van der Waals surface area contributed by atoms with Gasteiger partial charge in [-0.15, -0.1) is 0 Å². The lowest BCUT2D eigenvalue weighted by Gasteiger charge is -2.27. The predicted molar refractivity (Wildman–Crippen MR) is 164 cm³/mol. The van der Waals surface area contributed by atoms with Crippen molar-refractivity contribution in [2.45, 2.75) is 49.0 Å². The van der Waals surface area contributed by atoms with Crippen LogP contribution in [0.25, 0.3) is 32.8 Å². The zero-order chi connectivity index (χ0) is 33.2. The number of nitrogen functional groups attached to an aromatic ring is 2. The number of nitrogens with zero attached hydrogens (tertiary/aromatic N) is 10. The summed E-state index contributed by atoms with van der Waals surface area (Å²) < 4.78 is 50.6. The highest BCUT2D eigenvalue weighted by atomic mass is 32.7. The fourth-order valence-electron chi connectivity index (χ4n) is 5.52. The summed E-state index contributed by atoms with van der Waals surface area (Å²) in [5.41, 5.74) is 20.9. The van der Waals surface area contributed by atoms with Gasteiger partial charge in [-0.2, -0.15) is 0 Å². The van der Waals surface area contributed by atoms with Crippen LogP contribution in [0.1, 0.15) is 12.5 Å². The SMILES string of the molecule is [N-]=[N+]=N[C@@H]1[C@@H]2OP(=O)(S)OC[C@H]3O[C@@H](n4c(=O)[nH]c5c(N)ncnc54)[C@H](OP(O)(=S)OC[C@H]2O[C@H]1n1cnc2c(N)ncnc21)[C@@H]3O. The largest absolute Gasteiger partial charge is 0.387 e. The third-order valence-electron chi connectivity index (χ3n) is 7.57. The molecule has 0 aromatic carbocycles. The molecule has 0 radical (unpaired) electrons. The second kappa shape index (κ2) is 12.0. The van der Waals surface area contributed by atoms with Gasteiger partial charge in [-0.1, -0.05) is 17.4 Å². The highest BCUT2D eigenvalue weighted by Crippen LogP contribution is 2.58. The van der Waals surface area contributed by atoms with E-state index in [1.54, 1.807) is 0 Å². The Morgan fingerprint density at radius 2 is 1.74 bits per heavy atom. The monoisotopic (exact) mass is 731 g/mol. The number of nitrogens with two attached hydrogens (primary N) is 2. The van der Waals surface area contributed by atoms with Gasteiger partial charge >= 0.3 is 19.2 Å². The first-order valence-corrected chi connectivity index (χ1v) is 18.6. The highest BCUT2D eigenvalue weighted by Gasteiger charge is 2.53. The number of hydrogen-bond acceptors (Lipinski definition) is 18. The Labute approximate surface area is 271 Å². The average molecular weight is 732 g/mol. The molecule has 7 heterocycles. The van der Waals surface area contributed by atoms with E-state index < -0.39 is 81.4 Å². The number of anilines is 2. The molecule has 3 saturated heterocycles. The number of rotatable bonds is 3. The molecule has 0 saturated carbocycles. The first-order chi connectivity index (χ1) is 22.4. The molecule has 47 heavy (non-hydrogen) atoms. The third kappa shape index (κ3) is 5.78. The molecule has 250 valence electrons. The number of nitrogens with one attached hydrogen (secondary N) is 1. The molecular weight excluding hydrogens is 708 g/mol. The van der Waals surface area contributed by atoms with Crippen LogP contribution < -0.4 is 17.2 Å². The van der Waals surface area contributed by atoms with Gasteiger partial charge in [0.2, 0.25) is 0 Å². The summed E-state index contributed by atoms with van der Waals surface area (Å²) in [5.74, 6) is 0.0273. The van der Waals surface area contributed by atoms with Crippen molar-refractivity contribution in [1.29, 1.82) is 0 Å². The topological polar surface area (TPSA) is 321 Å². The van der Waals surface area contributed by atoms with Gasteiger partial charge < -0.3 is 40.4 Å². The van der Waals surface area contributed by atoms with Crippen molar-refractivity contribution in [3.05, 3.63) is 39.9 Å². The second-order valence-electron chi connectivity index (χ2n) is 10.3. The van der Waals surface area contributed by atoms with E-state index >= 15 is 0 Å². The average Bonchev–Trinajstić information content (AvgIpc) is 3.75. The Morgan fingerprint density at radius 1 is 1.04 bits per heavy atom. The zero-order valence-electron chi connectivity index (χ0n) is 23.3. The first-order valence-electron chi connectivity index (χ1n) is 13.4. The van der Waals surface area contributed by atoms with Crippen molar-refractivity contribution < 1.29 is 42.1 Å². The molecule has 23 nitrogen and oxygen atoms in total. The molecule has 7 N–H and O–H groups in total. The number of azide groups is 1. The van der Waals surface area contributed by atoms with Gasteiger partial charge in [0.15, 0.2) is 29.2 Å². The van der Waals surface area contributed by atoms with Crippen LogP contribution in [0.4, 0.5) is 11.6 Å². The van der Waals surface area contributed by atoms with Gasteiger partial charge in [0.05, 0.1) is 19.5 Å². The molecule has 2 bridgehead atoms. The lowest BCUT2D eigenvalue weighted by molar-refractivity contribution is -0.0593. The Kier molecular flexibility index (Phi) is 8.24. The maximum Gasteiger partial charge on any atom is 0.386 e. The molecule has 0 aliphatic carbocycles. The molecule has 27 heteroatoms. The molecule has 4 aromatic rings. The van der Waals surface area contributed by atoms with Gasteiger partial charge in [0, 0.05) is 4.91 Å². The number of ether oxygens (including phenoxy) is 2. The third-order valence-corrected chi connectivity index (χ3v) is 10.7. The van der Waals surface area contributed by atoms with Crippen LogP contribution in [0, 0.1) is 0 Å². The van der Waals surface area contributed by atoms with Crippen LogP contribution in [-0.2, 0) is 43.9 Å². The minimum Gasteiger partial charge on any atom is -0.387 e. The van der Waals surface area contributed by atoms with Gasteiger partial charge in [-0.05, 0) is 17.3 Å². The number of H-pyrrole nitrogens is 1. The quantitative estimate of drug-likeness (QED) is 0.0532. The summed E-state index contributed by atoms with van der Waals surface area (Å²) in [6.45, 7) is -9.91. The maximum absolute atomic E-state index is 13.6. The highest BCUT2D eigenvalue weighted by molar-refractivity contribution is 8.44. The summed E-state index contributed by atoms with van der Waals surface area (Å²) in [4.78, 5) is 49.8. The lowest BCUT2D eigenvalue weighted by Crippen LogP contribution is -2.37. The number of aliphatic hydroxyl groups is 1. The van der Waals surface area contributed by atoms with E-state index in [0.717, 1.165) is 10.9 Å². The number of thiol groups is 1. The molecule has 0 amide bonds. The van der Waals surface area contributed by atoms with Crippen molar-refractivity contribution in [2.24, 2.45) is 5.11 Å². The molecular formula is C20H23N13O10P2S2. The molecule has 7 rings (SSSR count). The van der Waals surface area contributed by atoms with E-state index in [-0.39, 0.29) is 34.0 Å². The number of aromatic amines is 1. The molecule has 4 aromatic heterocycles. The molecule has 3 aliphatic rings. The number of aliphatic hydroxyl groups excluding tert-OH is 1. The lowest BCUT2D eigenvalue weighted by atomic mass is 10.1. The van der Waals surface area contributed by atoms with Gasteiger partial charge in [0.1, 0.15) is 66.5 Å². The Balaban J connectivity index is 1.24. The van der Waals surface area contributed by atoms with Crippen molar-refractivity contribution in [3.63, 3.8) is 0 Å². The van der Waals surface area contributed by atoms with Crippen molar-refractivity contribution in [2.75, 3.05) is 24.7 Å². The Bertz CT molecular complexity index is 2080. The van der Waals surface area contributed by atoms with E-state index in [1.807, 2.05) is 0 Å². The summed E-state index contributed by atoms with van der Waals surface area (Å²) in [6.07, 6.45) is -6.21. The Hall–Kier alpha value is -3.28. The summed E-state index contributed by atoms with van der Waals surface area (Å²) in [7, 11) is 0. The van der Waals surface area contributed by atoms with Crippen LogP contribution in [-0.4, -0.2) is 98.8 Å². The maximum atomic E-state index is 13.6. The number of fused-ring (bicyclic) bond motifs is 5. The normalized spacial score (nSPS) is 36.3. The zero-order valence-corrected chi connectivity index (χ0v) is 26.8. The second-order valence-corrected chi connectivity index (χ2v) is 16.0. The van der Waals surface area contributed by atoms with Crippen molar-refractivity contribution in [3.8, 4) is 0 Å². The minimum atomic E-state index is -4.39. The molecule has 0 spiro atoms. The van der Waals surface area contributed by atoms with Crippen LogP contribution in [0.2, 0.25) is 0 Å². The summed E-state index contributed by atoms with van der Waals surface area (Å²) in [5, 5.41) is 15.0. The fourth-order valence-corrected chi connectivity index (χ4v) is 8.43. The Morgan fingerprint density at radius 3 is 2.51 bits per heavy atom. The van der Waals surface area contributed by atoms with Crippen LogP contribution in [0.5, 0.6) is 0 Å². The number of imidazole rings is 2. The first kappa shape index (κ1) is 32.3. The molecule has 2 unspecified atom stereocenters. The van der Waals surface area contributed by atoms with Crippen molar-refractivity contribution >= 4 is 71.5 Å². The smallest absolute Gasteiger partial charge is 0.386 e. The summed E-state index contributed by atoms with van der Waals surface area (Å²) >= 11 is 9.36. The number of hydrogen-bond donors (Lipinski definition) is 6. The van der Waals surface area contributed by atoms with Crippen LogP contribution in [0.15, 0.2) is 28.9 Å². The fraction of sp³-hybridized carbons (Fsp3) is 0.500. The minimum absolute atomic E-state index is 0.0114. The molecule has 3 aliphatic heterocycles. The standard InChI is InChI=1S/C20H23N13O10P2S2/c21-14-9-16(26-3-24-14)32(5-28-9)18-8(30-31-23)12-7(41-18)2-39-45(37,47)43-13-11(34)6(1-38-44(36,46)42-12)40-19(13)33-17-10(29-20(33)35)15(22)25-4-27-17/h3-8,11-13,18-19,34H,1-2H2,(H,29,35)(H,36,46)(H,37,47)(H2,21,24,26)(H2,22,25,27)/t6-,7-,8-,11-,12-,13-,18-,19-,44?,45?/m1/s1. The molecule has 3 fully saturated rings. The van der Waals surface area contributed by atoms with E-state index in [1.165, 1.54) is 17.2 Å². The summed E-state index contributed by atoms with van der Waals surface area (Å²) in [6, 6.07) is -1.26. The van der Waals surface area contributed by atoms with Gasteiger partial charge in [-0.25, -0.2) is 38.8 Å². The van der Waals surface area contributed by atoms with E-state index in [0.29, 0.717) is 0 Å². The van der Waals surface area contributed by atoms with Gasteiger partial charge in [0.25, 0.3) is 0 Å². The number of aromatic nitrogens is 8. The molecule has 10 atom stereocenters. The van der Waals surface area contributed by atoms with Crippen LogP contribution >= 0.6 is 25.8 Å². The van der Waals surface area contributed by atoms with Crippen molar-refractivity contribution in [1.82, 2.24) is 39.0 Å². The van der Waals surface area contributed by atoms with Gasteiger partial charge in [-0.3, -0.25) is 18.1 Å². The van der Waals surface area contributed by atoms with E-state index in [9.17, 15) is 24.9 Å². The predicted octanol–water partition coefficient (Wildman–Crippen LogP) is 0.0304. The van der Waals surface area contributed by atoms with E-state index in [2.05, 4.69) is 52.2 Å². The van der Waals surface area contributed by atoms with E-state index in [4.69, 9.17) is 50.8 Å². The van der Waals surface area contributed by atoms with Crippen LogP contribution in [0.3, 0.4) is 0 Å².